The van der Waals surface area contributed by atoms with Crippen LogP contribution in [0.1, 0.15) is 24.0 Å². The summed E-state index contributed by atoms with van der Waals surface area (Å²) in [4.78, 5) is 0. The highest BCUT2D eigenvalue weighted by molar-refractivity contribution is 5.31. The number of allylic oxidation sites excluding steroid dienone is 1. The van der Waals surface area contributed by atoms with Gasteiger partial charge < -0.3 is 18.9 Å². The van der Waals surface area contributed by atoms with E-state index in [1.165, 1.54) is 0 Å². The van der Waals surface area contributed by atoms with E-state index in [1.807, 2.05) is 72.8 Å². The quantitative estimate of drug-likeness (QED) is 0.269. The molecule has 3 rings (SSSR count). The molecule has 0 saturated heterocycles. The van der Waals surface area contributed by atoms with Crippen molar-refractivity contribution in [3.63, 3.8) is 0 Å². The van der Waals surface area contributed by atoms with Crippen LogP contribution in [0, 0.1) is 0 Å². The summed E-state index contributed by atoms with van der Waals surface area (Å²) in [6.07, 6.45) is 3.28. The van der Waals surface area contributed by atoms with E-state index in [2.05, 4.69) is 12.1 Å². The predicted octanol–water partition coefficient (Wildman–Crippen LogP) is 6.13. The van der Waals surface area contributed by atoms with E-state index in [1.54, 1.807) is 13.4 Å². The van der Waals surface area contributed by atoms with Gasteiger partial charge in [0.15, 0.2) is 0 Å². The third-order valence-corrected chi connectivity index (χ3v) is 4.47. The summed E-state index contributed by atoms with van der Waals surface area (Å²) in [6, 6.07) is 27.8. The number of rotatable bonds is 12. The third kappa shape index (κ3) is 7.55. The lowest BCUT2D eigenvalue weighted by Crippen LogP contribution is -2.01. The van der Waals surface area contributed by atoms with E-state index in [4.69, 9.17) is 18.9 Å². The molecule has 0 saturated carbocycles. The summed E-state index contributed by atoms with van der Waals surface area (Å²) in [5.41, 5.74) is 2.25. The fourth-order valence-corrected chi connectivity index (χ4v) is 2.83. The fourth-order valence-electron chi connectivity index (χ4n) is 2.83. The van der Waals surface area contributed by atoms with Gasteiger partial charge in [-0.1, -0.05) is 60.7 Å². The van der Waals surface area contributed by atoms with Crippen LogP contribution in [0.2, 0.25) is 0 Å². The zero-order valence-corrected chi connectivity index (χ0v) is 17.3. The maximum atomic E-state index is 6.01. The Morgan fingerprint density at radius 3 is 1.97 bits per heavy atom. The highest BCUT2D eigenvalue weighted by Crippen LogP contribution is 2.18. The van der Waals surface area contributed by atoms with Crippen LogP contribution < -0.4 is 9.47 Å². The average molecular weight is 405 g/mol. The molecule has 0 aliphatic heterocycles. The van der Waals surface area contributed by atoms with Crippen LogP contribution in [-0.2, 0) is 22.7 Å². The van der Waals surface area contributed by atoms with Gasteiger partial charge in [-0.3, -0.25) is 0 Å². The maximum absolute atomic E-state index is 6.01. The van der Waals surface area contributed by atoms with Gasteiger partial charge in [-0.15, -0.1) is 0 Å². The van der Waals surface area contributed by atoms with E-state index in [9.17, 15) is 0 Å². The molecule has 0 bridgehead atoms. The van der Waals surface area contributed by atoms with Gasteiger partial charge in [-0.05, 0) is 41.8 Å². The zero-order chi connectivity index (χ0) is 20.9. The number of methoxy groups -OCH3 is 1. The lowest BCUT2D eigenvalue weighted by Gasteiger charge is -2.12. The van der Waals surface area contributed by atoms with Crippen molar-refractivity contribution in [1.29, 1.82) is 0 Å². The van der Waals surface area contributed by atoms with Gasteiger partial charge in [-0.2, -0.15) is 0 Å². The first-order valence-electron chi connectivity index (χ1n) is 10.1. The molecule has 4 heteroatoms. The van der Waals surface area contributed by atoms with Gasteiger partial charge in [0.2, 0.25) is 0 Å². The predicted molar refractivity (Wildman–Crippen MR) is 118 cm³/mol. The number of benzene rings is 3. The molecule has 30 heavy (non-hydrogen) atoms. The molecular formula is C26H28O4. The second kappa shape index (κ2) is 12.2. The highest BCUT2D eigenvalue weighted by Gasteiger charge is 2.03. The summed E-state index contributed by atoms with van der Waals surface area (Å²) in [5, 5.41) is 0. The molecule has 0 aromatic heterocycles. The van der Waals surface area contributed by atoms with Crippen LogP contribution in [0.4, 0.5) is 0 Å². The normalized spacial score (nSPS) is 11.0. The first kappa shape index (κ1) is 21.3. The monoisotopic (exact) mass is 404 g/mol. The largest absolute Gasteiger partial charge is 0.497 e. The smallest absolute Gasteiger partial charge is 0.131 e. The maximum Gasteiger partial charge on any atom is 0.131 e. The van der Waals surface area contributed by atoms with Gasteiger partial charge in [0.25, 0.3) is 0 Å². The molecule has 0 fully saturated rings. The van der Waals surface area contributed by atoms with Crippen molar-refractivity contribution >= 4 is 0 Å². The molecule has 0 N–H and O–H groups in total. The van der Waals surface area contributed by atoms with Gasteiger partial charge in [0.1, 0.15) is 36.7 Å². The van der Waals surface area contributed by atoms with Crippen molar-refractivity contribution in [1.82, 2.24) is 0 Å². The van der Waals surface area contributed by atoms with Crippen molar-refractivity contribution in [3.8, 4) is 11.5 Å². The Morgan fingerprint density at radius 2 is 1.33 bits per heavy atom. The van der Waals surface area contributed by atoms with E-state index >= 15 is 0 Å². The molecule has 0 unspecified atom stereocenters. The molecule has 0 atom stereocenters. The van der Waals surface area contributed by atoms with Gasteiger partial charge in [-0.25, -0.2) is 0 Å². The van der Waals surface area contributed by atoms with Crippen LogP contribution in [0.5, 0.6) is 11.5 Å². The van der Waals surface area contributed by atoms with Crippen molar-refractivity contribution in [2.75, 3.05) is 13.7 Å². The second-order valence-electron chi connectivity index (χ2n) is 6.78. The summed E-state index contributed by atoms with van der Waals surface area (Å²) in [5.74, 6) is 2.46. The Hall–Kier alpha value is -3.40. The van der Waals surface area contributed by atoms with E-state index in [-0.39, 0.29) is 0 Å². The minimum atomic E-state index is 0.515. The Kier molecular flexibility index (Phi) is 8.68. The van der Waals surface area contributed by atoms with Crippen molar-refractivity contribution in [3.05, 3.63) is 108 Å². The molecule has 0 radical (unpaired) electrons. The number of ether oxygens (including phenoxy) is 4. The first-order chi connectivity index (χ1) is 14.8. The summed E-state index contributed by atoms with van der Waals surface area (Å²) in [7, 11) is 1.65. The summed E-state index contributed by atoms with van der Waals surface area (Å²) in [6.45, 7) is 1.62. The molecule has 0 spiro atoms. The Balaban J connectivity index is 1.49. The lowest BCUT2D eigenvalue weighted by molar-refractivity contribution is 0.150. The average Bonchev–Trinajstić information content (AvgIpc) is 2.81. The molecule has 0 heterocycles. The van der Waals surface area contributed by atoms with Crippen molar-refractivity contribution in [2.45, 2.75) is 26.1 Å². The zero-order valence-electron chi connectivity index (χ0n) is 17.3. The molecule has 0 amide bonds. The van der Waals surface area contributed by atoms with Crippen LogP contribution in [-0.4, -0.2) is 13.7 Å². The Labute approximate surface area is 178 Å². The minimum Gasteiger partial charge on any atom is -0.497 e. The molecular weight excluding hydrogens is 376 g/mol. The van der Waals surface area contributed by atoms with E-state index < -0.39 is 0 Å². The molecule has 0 aliphatic rings. The fraction of sp³-hybridized carbons (Fsp3) is 0.231. The summed E-state index contributed by atoms with van der Waals surface area (Å²) >= 11 is 0. The highest BCUT2D eigenvalue weighted by atomic mass is 16.5. The lowest BCUT2D eigenvalue weighted by atomic mass is 10.2. The molecule has 0 aliphatic carbocycles. The SMILES string of the molecule is COc1ccc(OCCC/C(=C/OCc2ccccc2)OCc2ccccc2)cc1. The van der Waals surface area contributed by atoms with E-state index in [0.29, 0.717) is 19.8 Å². The Bertz CT molecular complexity index is 874. The number of hydrogen-bond acceptors (Lipinski definition) is 4. The van der Waals surface area contributed by atoms with Crippen LogP contribution in [0.15, 0.2) is 97.0 Å². The number of hydrogen-bond donors (Lipinski definition) is 0. The van der Waals surface area contributed by atoms with Crippen LogP contribution >= 0.6 is 0 Å². The van der Waals surface area contributed by atoms with Gasteiger partial charge in [0, 0.05) is 6.42 Å². The first-order valence-corrected chi connectivity index (χ1v) is 10.1. The topological polar surface area (TPSA) is 36.9 Å². The molecule has 4 nitrogen and oxygen atoms in total. The van der Waals surface area contributed by atoms with Gasteiger partial charge in [0.05, 0.1) is 13.7 Å². The molecule has 3 aromatic rings. The summed E-state index contributed by atoms with van der Waals surface area (Å²) < 4.78 is 22.8. The Morgan fingerprint density at radius 1 is 0.733 bits per heavy atom. The van der Waals surface area contributed by atoms with Crippen LogP contribution in [0.3, 0.4) is 0 Å². The molecule has 3 aromatic carbocycles. The van der Waals surface area contributed by atoms with Crippen LogP contribution in [0.25, 0.3) is 0 Å². The van der Waals surface area contributed by atoms with Crippen molar-refractivity contribution < 1.29 is 18.9 Å². The standard InChI is InChI=1S/C26H28O4/c1-27-24-14-16-25(17-15-24)29-18-8-13-26(30-20-23-11-6-3-7-12-23)21-28-19-22-9-4-2-5-10-22/h2-7,9-12,14-17,21H,8,13,18-20H2,1H3/b26-21-. The third-order valence-electron chi connectivity index (χ3n) is 4.47. The second-order valence-corrected chi connectivity index (χ2v) is 6.78. The van der Waals surface area contributed by atoms with Crippen molar-refractivity contribution in [2.24, 2.45) is 0 Å². The minimum absolute atomic E-state index is 0.515. The molecule has 156 valence electrons. The van der Waals surface area contributed by atoms with E-state index in [0.717, 1.165) is 41.2 Å². The van der Waals surface area contributed by atoms with Gasteiger partial charge >= 0.3 is 0 Å².